The molecule has 0 saturated carbocycles. The van der Waals surface area contributed by atoms with Gasteiger partial charge in [0.1, 0.15) is 30.4 Å². The van der Waals surface area contributed by atoms with E-state index in [0.29, 0.717) is 90.4 Å². The van der Waals surface area contributed by atoms with Crippen LogP contribution < -0.4 is 19.1 Å². The molecule has 0 unspecified atom stereocenters. The predicted molar refractivity (Wildman–Crippen MR) is 188 cm³/mol. The molecule has 2 heterocycles. The second-order valence-electron chi connectivity index (χ2n) is 13.3. The SMILES string of the molecule is CC(=O)Oc1ccc2c(c1)C(C)(C)c1cc(OC(C)=O)ccc1C21OC(=O)c2cc3c(cc21)OCCOCCOCCOCCOCCN3CC(=O)O. The number of hydrogen-bond acceptors (Lipinski definition) is 13. The Morgan fingerprint density at radius 1 is 0.698 bits per heavy atom. The normalized spacial score (nSPS) is 18.5. The lowest BCUT2D eigenvalue weighted by Gasteiger charge is -2.44. The molecule has 1 aliphatic carbocycles. The zero-order chi connectivity index (χ0) is 37.8. The molecule has 53 heavy (non-hydrogen) atoms. The molecule has 3 aromatic carbocycles. The molecule has 3 aliphatic rings. The Balaban J connectivity index is 1.53. The van der Waals surface area contributed by atoms with Crippen molar-refractivity contribution >= 4 is 29.6 Å². The molecule has 0 radical (unpaired) electrons. The van der Waals surface area contributed by atoms with Crippen molar-refractivity contribution in [3.63, 3.8) is 0 Å². The second-order valence-corrected chi connectivity index (χ2v) is 13.3. The summed E-state index contributed by atoms with van der Waals surface area (Å²) in [5.41, 5.74) is 1.39. The Morgan fingerprint density at radius 3 is 1.72 bits per heavy atom. The van der Waals surface area contributed by atoms with Crippen molar-refractivity contribution in [3.8, 4) is 17.2 Å². The molecule has 1 N–H and O–H groups in total. The van der Waals surface area contributed by atoms with Gasteiger partial charge in [-0.15, -0.1) is 0 Å². The number of hydrogen-bond donors (Lipinski definition) is 1. The number of esters is 3. The number of carbonyl (C=O) groups is 4. The summed E-state index contributed by atoms with van der Waals surface area (Å²) in [6.45, 7) is 8.96. The minimum absolute atomic E-state index is 0.103. The third-order valence-electron chi connectivity index (χ3n) is 9.33. The van der Waals surface area contributed by atoms with Gasteiger partial charge in [0.15, 0.2) is 5.60 Å². The van der Waals surface area contributed by atoms with Crippen LogP contribution in [0.4, 0.5) is 5.69 Å². The monoisotopic (exact) mass is 733 g/mol. The molecular formula is C39H43NO13. The van der Waals surface area contributed by atoms with E-state index in [4.69, 9.17) is 37.9 Å². The van der Waals surface area contributed by atoms with Crippen molar-refractivity contribution in [2.24, 2.45) is 0 Å². The Kier molecular flexibility index (Phi) is 11.3. The van der Waals surface area contributed by atoms with Gasteiger partial charge >= 0.3 is 23.9 Å². The standard InChI is InChI=1S/C39H43NO13/c1-24(41)51-26-5-7-29-32(19-26)38(3,4)33-20-27(52-25(2)42)6-8-30(33)39(29)31-22-35-34(21-28(31)37(45)53-39)40(23-36(43)44)9-10-46-11-12-47-13-14-48-15-16-49-17-18-50-35/h5-8,19-22H,9-18,23H2,1-4H3,(H,43,44). The zero-order valence-electron chi connectivity index (χ0n) is 30.2. The Hall–Kier alpha value is -5.02. The summed E-state index contributed by atoms with van der Waals surface area (Å²) in [5, 5.41) is 9.92. The summed E-state index contributed by atoms with van der Waals surface area (Å²) in [6.07, 6.45) is 0. The molecular weight excluding hydrogens is 690 g/mol. The van der Waals surface area contributed by atoms with Crippen LogP contribution in [-0.2, 0) is 49.1 Å². The number of rotatable bonds is 4. The number of carboxylic acid groups (broad SMARTS) is 1. The van der Waals surface area contributed by atoms with Crippen LogP contribution in [0.15, 0.2) is 48.5 Å². The number of carbonyl (C=O) groups excluding carboxylic acids is 3. The van der Waals surface area contributed by atoms with Crippen LogP contribution in [0, 0.1) is 0 Å². The number of fused-ring (bicyclic) bond motifs is 7. The van der Waals surface area contributed by atoms with E-state index in [9.17, 15) is 24.3 Å². The summed E-state index contributed by atoms with van der Waals surface area (Å²) in [4.78, 5) is 51.8. The van der Waals surface area contributed by atoms with Crippen LogP contribution in [0.5, 0.6) is 17.2 Å². The molecule has 0 amide bonds. The van der Waals surface area contributed by atoms with Crippen LogP contribution in [-0.4, -0.2) is 102 Å². The van der Waals surface area contributed by atoms with E-state index in [-0.39, 0.29) is 31.9 Å². The van der Waals surface area contributed by atoms with Crippen molar-refractivity contribution < 1.29 is 62.2 Å². The molecule has 0 bridgehead atoms. The topological polar surface area (TPSA) is 166 Å². The van der Waals surface area contributed by atoms with Crippen LogP contribution in [0.1, 0.15) is 65.9 Å². The number of anilines is 1. The highest BCUT2D eigenvalue weighted by molar-refractivity contribution is 5.99. The van der Waals surface area contributed by atoms with Gasteiger partial charge in [-0.3, -0.25) is 14.4 Å². The molecule has 14 heteroatoms. The third-order valence-corrected chi connectivity index (χ3v) is 9.33. The van der Waals surface area contributed by atoms with Gasteiger partial charge in [-0.25, -0.2) is 4.79 Å². The predicted octanol–water partition coefficient (Wildman–Crippen LogP) is 3.99. The van der Waals surface area contributed by atoms with Gasteiger partial charge < -0.3 is 47.9 Å². The van der Waals surface area contributed by atoms with Crippen molar-refractivity contribution in [3.05, 3.63) is 81.9 Å². The fourth-order valence-electron chi connectivity index (χ4n) is 7.08. The first kappa shape index (κ1) is 37.7. The maximum atomic E-state index is 14.1. The van der Waals surface area contributed by atoms with E-state index in [1.54, 1.807) is 53.4 Å². The van der Waals surface area contributed by atoms with E-state index in [1.165, 1.54) is 13.8 Å². The summed E-state index contributed by atoms with van der Waals surface area (Å²) in [5.74, 6) is -1.82. The summed E-state index contributed by atoms with van der Waals surface area (Å²) < 4.78 is 46.4. The van der Waals surface area contributed by atoms with Gasteiger partial charge in [-0.1, -0.05) is 26.0 Å². The summed E-state index contributed by atoms with van der Waals surface area (Å²) in [7, 11) is 0. The Bertz CT molecular complexity index is 1820. The molecule has 1 spiro atoms. The number of ether oxygens (including phenoxy) is 8. The highest BCUT2D eigenvalue weighted by Crippen LogP contribution is 2.58. The van der Waals surface area contributed by atoms with Gasteiger partial charge in [-0.2, -0.15) is 0 Å². The minimum atomic E-state index is -1.52. The molecule has 0 aromatic heterocycles. The maximum Gasteiger partial charge on any atom is 0.340 e. The molecule has 3 aromatic rings. The van der Waals surface area contributed by atoms with Crippen LogP contribution in [0.25, 0.3) is 0 Å². The lowest BCUT2D eigenvalue weighted by molar-refractivity contribution is -0.135. The van der Waals surface area contributed by atoms with Crippen molar-refractivity contribution in [2.75, 3.05) is 77.5 Å². The van der Waals surface area contributed by atoms with Crippen LogP contribution in [0.3, 0.4) is 0 Å². The molecule has 0 fully saturated rings. The third kappa shape index (κ3) is 7.86. The first-order chi connectivity index (χ1) is 25.4. The van der Waals surface area contributed by atoms with Crippen LogP contribution in [0.2, 0.25) is 0 Å². The quantitative estimate of drug-likeness (QED) is 0.302. The molecule has 6 rings (SSSR count). The van der Waals surface area contributed by atoms with Gasteiger partial charge in [0.05, 0.1) is 64.1 Å². The first-order valence-corrected chi connectivity index (χ1v) is 17.4. The number of nitrogens with zero attached hydrogens (tertiary/aromatic N) is 1. The maximum absolute atomic E-state index is 14.1. The summed E-state index contributed by atoms with van der Waals surface area (Å²) >= 11 is 0. The number of benzene rings is 3. The zero-order valence-corrected chi connectivity index (χ0v) is 30.2. The Labute approximate surface area is 306 Å². The van der Waals surface area contributed by atoms with E-state index in [1.807, 2.05) is 13.8 Å². The minimum Gasteiger partial charge on any atom is -0.489 e. The molecule has 0 atom stereocenters. The van der Waals surface area contributed by atoms with Crippen molar-refractivity contribution in [2.45, 2.75) is 38.7 Å². The fraction of sp³-hybridized carbons (Fsp3) is 0.436. The van der Waals surface area contributed by atoms with E-state index in [2.05, 4.69) is 0 Å². The van der Waals surface area contributed by atoms with E-state index >= 15 is 0 Å². The smallest absolute Gasteiger partial charge is 0.340 e. The average molecular weight is 734 g/mol. The lowest BCUT2D eigenvalue weighted by atomic mass is 9.61. The van der Waals surface area contributed by atoms with Crippen molar-refractivity contribution in [1.82, 2.24) is 0 Å². The first-order valence-electron chi connectivity index (χ1n) is 17.4. The average Bonchev–Trinajstić information content (AvgIpc) is 3.38. The van der Waals surface area contributed by atoms with Gasteiger partial charge in [-0.05, 0) is 47.5 Å². The second kappa shape index (κ2) is 15.9. The molecule has 14 nitrogen and oxygen atoms in total. The molecule has 0 saturated heterocycles. The van der Waals surface area contributed by atoms with Crippen LogP contribution >= 0.6 is 0 Å². The summed E-state index contributed by atoms with van der Waals surface area (Å²) in [6, 6.07) is 13.7. The number of aliphatic carboxylic acids is 1. The van der Waals surface area contributed by atoms with Gasteiger partial charge in [0, 0.05) is 42.5 Å². The van der Waals surface area contributed by atoms with Gasteiger partial charge in [0.2, 0.25) is 0 Å². The van der Waals surface area contributed by atoms with Crippen molar-refractivity contribution in [1.29, 1.82) is 0 Å². The van der Waals surface area contributed by atoms with E-state index < -0.39 is 41.4 Å². The van der Waals surface area contributed by atoms with Gasteiger partial charge in [0.25, 0.3) is 0 Å². The molecule has 2 aliphatic heterocycles. The number of carboxylic acids is 1. The molecule has 282 valence electrons. The Morgan fingerprint density at radius 2 is 1.21 bits per heavy atom. The highest BCUT2D eigenvalue weighted by atomic mass is 16.6. The van der Waals surface area contributed by atoms with E-state index in [0.717, 1.165) is 0 Å². The highest BCUT2D eigenvalue weighted by Gasteiger charge is 2.56. The fourth-order valence-corrected chi connectivity index (χ4v) is 7.08. The lowest BCUT2D eigenvalue weighted by Crippen LogP contribution is -2.41. The largest absolute Gasteiger partial charge is 0.489 e.